The van der Waals surface area contributed by atoms with Crippen LogP contribution in [0.15, 0.2) is 0 Å². The van der Waals surface area contributed by atoms with E-state index >= 15 is 0 Å². The number of aromatic nitrogens is 3. The summed E-state index contributed by atoms with van der Waals surface area (Å²) in [5.41, 5.74) is 0. The Kier molecular flexibility index (Phi) is 3.35. The summed E-state index contributed by atoms with van der Waals surface area (Å²) in [4.78, 5) is 2.17. The van der Waals surface area contributed by atoms with E-state index in [9.17, 15) is 13.2 Å². The van der Waals surface area contributed by atoms with Crippen LogP contribution in [0.5, 0.6) is 0 Å². The highest BCUT2D eigenvalue weighted by Crippen LogP contribution is 2.34. The van der Waals surface area contributed by atoms with Crippen molar-refractivity contribution >= 4 is 0 Å². The zero-order valence-electron chi connectivity index (χ0n) is 10.7. The molecular weight excluding hydrogens is 245 g/mol. The van der Waals surface area contributed by atoms with Gasteiger partial charge in [-0.3, -0.25) is 4.90 Å². The second kappa shape index (κ2) is 4.53. The molecule has 0 fully saturated rings. The molecule has 2 heterocycles. The fourth-order valence-corrected chi connectivity index (χ4v) is 2.55. The van der Waals surface area contributed by atoms with Crippen molar-refractivity contribution in [2.75, 3.05) is 6.54 Å². The van der Waals surface area contributed by atoms with Gasteiger partial charge in [0, 0.05) is 19.1 Å². The third-order valence-electron chi connectivity index (χ3n) is 3.36. The summed E-state index contributed by atoms with van der Waals surface area (Å²) in [5.74, 6) is -0.441. The van der Waals surface area contributed by atoms with Crippen molar-refractivity contribution in [3.05, 3.63) is 11.6 Å². The number of hydrogen-bond acceptors (Lipinski definition) is 3. The molecule has 0 saturated carbocycles. The van der Waals surface area contributed by atoms with Crippen molar-refractivity contribution in [3.63, 3.8) is 0 Å². The highest BCUT2D eigenvalue weighted by atomic mass is 19.4. The van der Waals surface area contributed by atoms with Gasteiger partial charge in [-0.2, -0.15) is 13.2 Å². The third-order valence-corrected chi connectivity index (χ3v) is 3.36. The van der Waals surface area contributed by atoms with E-state index in [1.807, 2.05) is 20.8 Å². The molecule has 0 aliphatic carbocycles. The van der Waals surface area contributed by atoms with Gasteiger partial charge in [0.2, 0.25) is 5.82 Å². The van der Waals surface area contributed by atoms with Crippen LogP contribution in [0, 0.1) is 0 Å². The van der Waals surface area contributed by atoms with Crippen molar-refractivity contribution in [2.24, 2.45) is 0 Å². The Hall–Kier alpha value is -1.11. The lowest BCUT2D eigenvalue weighted by Crippen LogP contribution is -2.42. The average Bonchev–Trinajstić information content (AvgIpc) is 2.70. The third kappa shape index (κ3) is 2.11. The predicted octanol–water partition coefficient (Wildman–Crippen LogP) is 2.47. The minimum atomic E-state index is -4.43. The van der Waals surface area contributed by atoms with Gasteiger partial charge in [-0.05, 0) is 20.3 Å². The molecule has 102 valence electrons. The fraction of sp³-hybridized carbons (Fsp3) is 0.818. The molecule has 0 spiro atoms. The highest BCUT2D eigenvalue weighted by Gasteiger charge is 2.41. The lowest BCUT2D eigenvalue weighted by atomic mass is 10.1. The Morgan fingerprint density at radius 1 is 1.28 bits per heavy atom. The summed E-state index contributed by atoms with van der Waals surface area (Å²) < 4.78 is 39.5. The highest BCUT2D eigenvalue weighted by molar-refractivity contribution is 5.07. The predicted molar refractivity (Wildman–Crippen MR) is 59.9 cm³/mol. The number of rotatable bonds is 2. The molecule has 7 heteroatoms. The molecule has 0 amide bonds. The van der Waals surface area contributed by atoms with Crippen LogP contribution in [0.2, 0.25) is 0 Å². The molecular formula is C11H17F3N4. The van der Waals surface area contributed by atoms with E-state index in [0.29, 0.717) is 18.9 Å². The molecule has 18 heavy (non-hydrogen) atoms. The number of halogens is 3. The molecule has 0 saturated heterocycles. The second-order valence-corrected chi connectivity index (χ2v) is 4.79. The molecule has 1 aliphatic rings. The van der Waals surface area contributed by atoms with Crippen LogP contribution in [-0.2, 0) is 12.7 Å². The first-order valence-electron chi connectivity index (χ1n) is 6.12. The van der Waals surface area contributed by atoms with Crippen LogP contribution in [0.4, 0.5) is 13.2 Å². The van der Waals surface area contributed by atoms with Gasteiger partial charge in [-0.25, -0.2) is 0 Å². The van der Waals surface area contributed by atoms with Gasteiger partial charge in [-0.15, -0.1) is 10.2 Å². The number of nitrogens with zero attached hydrogens (tertiary/aromatic N) is 4. The maximum atomic E-state index is 12.8. The van der Waals surface area contributed by atoms with E-state index in [1.54, 1.807) is 0 Å². The first kappa shape index (κ1) is 13.3. The maximum absolute atomic E-state index is 12.8. The monoisotopic (exact) mass is 262 g/mol. The van der Waals surface area contributed by atoms with Crippen LogP contribution in [0.1, 0.15) is 44.9 Å². The van der Waals surface area contributed by atoms with Gasteiger partial charge in [0.25, 0.3) is 0 Å². The van der Waals surface area contributed by atoms with Crippen molar-refractivity contribution in [2.45, 2.75) is 52.0 Å². The minimum Gasteiger partial charge on any atom is -0.305 e. The zero-order valence-corrected chi connectivity index (χ0v) is 10.7. The molecule has 1 atom stereocenters. The van der Waals surface area contributed by atoms with Crippen LogP contribution in [0.25, 0.3) is 0 Å². The van der Waals surface area contributed by atoms with Gasteiger partial charge in [-0.1, -0.05) is 6.92 Å². The first-order valence-corrected chi connectivity index (χ1v) is 6.12. The van der Waals surface area contributed by atoms with Crippen molar-refractivity contribution in [1.82, 2.24) is 19.7 Å². The van der Waals surface area contributed by atoms with Crippen LogP contribution < -0.4 is 0 Å². The summed E-state index contributed by atoms with van der Waals surface area (Å²) in [6.45, 7) is 6.94. The van der Waals surface area contributed by atoms with Gasteiger partial charge >= 0.3 is 6.18 Å². The van der Waals surface area contributed by atoms with E-state index in [4.69, 9.17) is 0 Å². The SMILES string of the molecule is CC[C@@H]1c2nnc(C(F)(F)F)n2CCN1C(C)C. The quantitative estimate of drug-likeness (QED) is 0.821. The lowest BCUT2D eigenvalue weighted by Gasteiger charge is -2.38. The fourth-order valence-electron chi connectivity index (χ4n) is 2.55. The summed E-state index contributed by atoms with van der Waals surface area (Å²) in [6, 6.07) is 0.206. The molecule has 1 aromatic heterocycles. The Bertz CT molecular complexity index is 424. The summed E-state index contributed by atoms with van der Waals surface area (Å²) in [5, 5.41) is 7.08. The zero-order chi connectivity index (χ0) is 13.5. The van der Waals surface area contributed by atoms with E-state index in [2.05, 4.69) is 15.1 Å². The molecule has 4 nitrogen and oxygen atoms in total. The Morgan fingerprint density at radius 2 is 1.94 bits per heavy atom. The molecule has 2 rings (SSSR count). The van der Waals surface area contributed by atoms with Crippen molar-refractivity contribution < 1.29 is 13.2 Å². The normalized spacial score (nSPS) is 21.4. The smallest absolute Gasteiger partial charge is 0.305 e. The summed E-state index contributed by atoms with van der Waals surface area (Å²) in [7, 11) is 0. The van der Waals surface area contributed by atoms with Gasteiger partial charge in [0.15, 0.2) is 5.82 Å². The maximum Gasteiger partial charge on any atom is 0.451 e. The van der Waals surface area contributed by atoms with E-state index < -0.39 is 12.0 Å². The standard InChI is InChI=1S/C11H17F3N4/c1-4-8-9-15-16-10(11(12,13)14)18(9)6-5-17(8)7(2)3/h7-8H,4-6H2,1-3H3/t8-/m1/s1. The van der Waals surface area contributed by atoms with E-state index in [0.717, 1.165) is 6.42 Å². The first-order chi connectivity index (χ1) is 8.36. The van der Waals surface area contributed by atoms with Crippen molar-refractivity contribution in [3.8, 4) is 0 Å². The van der Waals surface area contributed by atoms with E-state index in [-0.39, 0.29) is 12.1 Å². The Labute approximate surface area is 104 Å². The number of hydrogen-bond donors (Lipinski definition) is 0. The topological polar surface area (TPSA) is 34.0 Å². The molecule has 0 aromatic carbocycles. The molecule has 0 radical (unpaired) electrons. The Balaban J connectivity index is 2.41. The van der Waals surface area contributed by atoms with E-state index in [1.165, 1.54) is 4.57 Å². The second-order valence-electron chi connectivity index (χ2n) is 4.79. The van der Waals surface area contributed by atoms with Gasteiger partial charge in [0.05, 0.1) is 6.04 Å². The van der Waals surface area contributed by atoms with Gasteiger partial charge in [0.1, 0.15) is 0 Å². The average molecular weight is 262 g/mol. The van der Waals surface area contributed by atoms with Crippen LogP contribution >= 0.6 is 0 Å². The molecule has 1 aliphatic heterocycles. The number of fused-ring (bicyclic) bond motifs is 1. The largest absolute Gasteiger partial charge is 0.451 e. The summed E-state index contributed by atoms with van der Waals surface area (Å²) >= 11 is 0. The van der Waals surface area contributed by atoms with Crippen LogP contribution in [-0.4, -0.2) is 32.3 Å². The van der Waals surface area contributed by atoms with Gasteiger partial charge < -0.3 is 4.57 Å². The molecule has 1 aromatic rings. The molecule has 0 unspecified atom stereocenters. The lowest BCUT2D eigenvalue weighted by molar-refractivity contribution is -0.148. The molecule has 0 N–H and O–H groups in total. The number of alkyl halides is 3. The van der Waals surface area contributed by atoms with Crippen LogP contribution in [0.3, 0.4) is 0 Å². The Morgan fingerprint density at radius 3 is 2.44 bits per heavy atom. The van der Waals surface area contributed by atoms with Crippen molar-refractivity contribution in [1.29, 1.82) is 0 Å². The minimum absolute atomic E-state index is 0.0812. The summed E-state index contributed by atoms with van der Waals surface area (Å²) in [6.07, 6.45) is -3.70. The molecule has 0 bridgehead atoms.